The molecule has 1 aromatic carbocycles. The van der Waals surface area contributed by atoms with Crippen molar-refractivity contribution in [1.82, 2.24) is 14.3 Å². The second-order valence-corrected chi connectivity index (χ2v) is 7.78. The first-order valence-corrected chi connectivity index (χ1v) is 9.99. The van der Waals surface area contributed by atoms with E-state index < -0.39 is 0 Å². The summed E-state index contributed by atoms with van der Waals surface area (Å²) in [6.07, 6.45) is 6.31. The van der Waals surface area contributed by atoms with Crippen molar-refractivity contribution in [3.63, 3.8) is 0 Å². The number of ether oxygens (including phenoxy) is 1. The van der Waals surface area contributed by atoms with Crippen LogP contribution in [0.3, 0.4) is 0 Å². The molecular weight excluding hydrogens is 350 g/mol. The summed E-state index contributed by atoms with van der Waals surface area (Å²) in [6.45, 7) is 6.36. The van der Waals surface area contributed by atoms with Gasteiger partial charge in [0, 0.05) is 31.4 Å². The fraction of sp³-hybridized carbons (Fsp3) is 0.391. The van der Waals surface area contributed by atoms with Crippen LogP contribution in [0.25, 0.3) is 5.65 Å². The van der Waals surface area contributed by atoms with Crippen LogP contribution in [0.5, 0.6) is 5.75 Å². The molecule has 28 heavy (non-hydrogen) atoms. The molecule has 0 aliphatic carbocycles. The van der Waals surface area contributed by atoms with Crippen LogP contribution in [0.2, 0.25) is 0 Å². The zero-order valence-corrected chi connectivity index (χ0v) is 16.6. The van der Waals surface area contributed by atoms with E-state index in [1.165, 1.54) is 5.56 Å². The molecule has 1 atom stereocenters. The van der Waals surface area contributed by atoms with Crippen LogP contribution in [0.4, 0.5) is 0 Å². The van der Waals surface area contributed by atoms with Gasteiger partial charge in [-0.15, -0.1) is 0 Å². The number of carbonyl (C=O) groups excluding carboxylic acids is 1. The average molecular weight is 377 g/mol. The summed E-state index contributed by atoms with van der Waals surface area (Å²) in [5.41, 5.74) is 4.21. The number of imidazole rings is 1. The molecule has 1 saturated heterocycles. The van der Waals surface area contributed by atoms with Gasteiger partial charge in [0.15, 0.2) is 0 Å². The predicted molar refractivity (Wildman–Crippen MR) is 110 cm³/mol. The molecular formula is C23H27N3O2. The lowest BCUT2D eigenvalue weighted by Gasteiger charge is -2.32. The van der Waals surface area contributed by atoms with Gasteiger partial charge in [-0.2, -0.15) is 0 Å². The van der Waals surface area contributed by atoms with Crippen molar-refractivity contribution in [3.05, 3.63) is 65.6 Å². The fourth-order valence-corrected chi connectivity index (χ4v) is 3.88. The van der Waals surface area contributed by atoms with E-state index in [9.17, 15) is 4.79 Å². The molecule has 3 aromatic rings. The Hall–Kier alpha value is -2.82. The number of aryl methyl sites for hydroxylation is 2. The number of hydrogen-bond donors (Lipinski definition) is 0. The highest BCUT2D eigenvalue weighted by Gasteiger charge is 2.25. The maximum atomic E-state index is 12.9. The number of likely N-dealkylation sites (tertiary alicyclic amines) is 1. The maximum Gasteiger partial charge on any atom is 0.228 e. The average Bonchev–Trinajstić information content (AvgIpc) is 3.12. The molecule has 146 valence electrons. The van der Waals surface area contributed by atoms with E-state index in [2.05, 4.69) is 24.0 Å². The third-order valence-corrected chi connectivity index (χ3v) is 5.52. The largest absolute Gasteiger partial charge is 0.493 e. The number of nitrogens with zero attached hydrogens (tertiary/aromatic N) is 3. The van der Waals surface area contributed by atoms with Crippen LogP contribution in [0.15, 0.2) is 48.8 Å². The molecule has 0 radical (unpaired) electrons. The Bertz CT molecular complexity index is 962. The van der Waals surface area contributed by atoms with E-state index >= 15 is 0 Å². The molecule has 0 bridgehead atoms. The lowest BCUT2D eigenvalue weighted by Crippen LogP contribution is -2.42. The van der Waals surface area contributed by atoms with E-state index in [1.807, 2.05) is 52.9 Å². The van der Waals surface area contributed by atoms with Gasteiger partial charge >= 0.3 is 0 Å². The monoisotopic (exact) mass is 377 g/mol. The Morgan fingerprint density at radius 1 is 1.21 bits per heavy atom. The van der Waals surface area contributed by atoms with Gasteiger partial charge in [-0.3, -0.25) is 4.79 Å². The summed E-state index contributed by atoms with van der Waals surface area (Å²) in [5, 5.41) is 0. The van der Waals surface area contributed by atoms with Crippen molar-refractivity contribution < 1.29 is 9.53 Å². The van der Waals surface area contributed by atoms with E-state index in [4.69, 9.17) is 4.74 Å². The van der Waals surface area contributed by atoms with Crippen molar-refractivity contribution in [2.45, 2.75) is 33.1 Å². The van der Waals surface area contributed by atoms with Crippen LogP contribution in [-0.4, -0.2) is 39.9 Å². The zero-order valence-electron chi connectivity index (χ0n) is 16.6. The van der Waals surface area contributed by atoms with Crippen LogP contribution in [-0.2, 0) is 11.2 Å². The van der Waals surface area contributed by atoms with Crippen LogP contribution in [0, 0.1) is 19.8 Å². The summed E-state index contributed by atoms with van der Waals surface area (Å²) in [4.78, 5) is 19.4. The number of rotatable bonds is 5. The zero-order chi connectivity index (χ0) is 19.5. The normalized spacial score (nSPS) is 17.1. The second kappa shape index (κ2) is 8.05. The molecule has 0 saturated carbocycles. The highest BCUT2D eigenvalue weighted by atomic mass is 16.5. The Morgan fingerprint density at radius 2 is 2.04 bits per heavy atom. The summed E-state index contributed by atoms with van der Waals surface area (Å²) >= 11 is 0. The predicted octanol–water partition coefficient (Wildman–Crippen LogP) is 3.81. The molecule has 5 nitrogen and oxygen atoms in total. The third kappa shape index (κ3) is 4.03. The van der Waals surface area contributed by atoms with E-state index in [0.29, 0.717) is 18.9 Å². The SMILES string of the molecule is Cc1ccc(OCC2CCCN(C(=O)Cc3cnc4c(C)cccn34)C2)cc1. The minimum absolute atomic E-state index is 0.170. The smallest absolute Gasteiger partial charge is 0.228 e. The van der Waals surface area contributed by atoms with Gasteiger partial charge in [0.1, 0.15) is 11.4 Å². The number of amides is 1. The quantitative estimate of drug-likeness (QED) is 0.679. The molecule has 1 aliphatic rings. The number of piperidine rings is 1. The lowest BCUT2D eigenvalue weighted by atomic mass is 9.98. The standard InChI is InChI=1S/C23H27N3O2/c1-17-7-9-21(10-8-17)28-16-19-6-4-11-25(15-19)22(27)13-20-14-24-23-18(2)5-3-12-26(20)23/h3,5,7-10,12,14,19H,4,6,11,13,15-16H2,1-2H3. The van der Waals surface area contributed by atoms with Crippen LogP contribution < -0.4 is 4.74 Å². The Morgan fingerprint density at radius 3 is 2.86 bits per heavy atom. The number of hydrogen-bond acceptors (Lipinski definition) is 3. The minimum Gasteiger partial charge on any atom is -0.493 e. The molecule has 0 N–H and O–H groups in total. The first kappa shape index (κ1) is 18.5. The summed E-state index contributed by atoms with van der Waals surface area (Å²) in [5.74, 6) is 1.45. The van der Waals surface area contributed by atoms with E-state index in [-0.39, 0.29) is 5.91 Å². The molecule has 1 fully saturated rings. The molecule has 1 unspecified atom stereocenters. The number of benzene rings is 1. The molecule has 4 rings (SSSR count). The highest BCUT2D eigenvalue weighted by Crippen LogP contribution is 2.20. The van der Waals surface area contributed by atoms with E-state index in [1.54, 1.807) is 0 Å². The number of carbonyl (C=O) groups is 1. The molecule has 3 heterocycles. The Kier molecular flexibility index (Phi) is 5.33. The first-order valence-electron chi connectivity index (χ1n) is 9.99. The molecule has 2 aromatic heterocycles. The Labute approximate surface area is 166 Å². The van der Waals surface area contributed by atoms with Gasteiger partial charge in [-0.25, -0.2) is 4.98 Å². The van der Waals surface area contributed by atoms with Crippen LogP contribution >= 0.6 is 0 Å². The topological polar surface area (TPSA) is 46.8 Å². The molecule has 5 heteroatoms. The molecule has 1 aliphatic heterocycles. The second-order valence-electron chi connectivity index (χ2n) is 7.78. The fourth-order valence-electron chi connectivity index (χ4n) is 3.88. The summed E-state index contributed by atoms with van der Waals surface area (Å²) < 4.78 is 7.98. The van der Waals surface area contributed by atoms with Gasteiger partial charge in [-0.1, -0.05) is 23.8 Å². The first-order chi connectivity index (χ1) is 13.6. The van der Waals surface area contributed by atoms with Crippen molar-refractivity contribution >= 4 is 11.6 Å². The van der Waals surface area contributed by atoms with E-state index in [0.717, 1.165) is 48.6 Å². The molecule has 0 spiro atoms. The lowest BCUT2D eigenvalue weighted by molar-refractivity contribution is -0.132. The third-order valence-electron chi connectivity index (χ3n) is 5.52. The number of aromatic nitrogens is 2. The Balaban J connectivity index is 1.36. The number of fused-ring (bicyclic) bond motifs is 1. The summed E-state index contributed by atoms with van der Waals surface area (Å²) in [6, 6.07) is 12.2. The van der Waals surface area contributed by atoms with Gasteiger partial charge in [0.2, 0.25) is 5.91 Å². The van der Waals surface area contributed by atoms with Gasteiger partial charge in [0.05, 0.1) is 18.7 Å². The summed E-state index contributed by atoms with van der Waals surface area (Å²) in [7, 11) is 0. The van der Waals surface area contributed by atoms with Gasteiger partial charge in [0.25, 0.3) is 0 Å². The van der Waals surface area contributed by atoms with Gasteiger partial charge in [-0.05, 0) is 50.5 Å². The van der Waals surface area contributed by atoms with Crippen molar-refractivity contribution in [1.29, 1.82) is 0 Å². The van der Waals surface area contributed by atoms with Crippen LogP contribution in [0.1, 0.15) is 29.7 Å². The van der Waals surface area contributed by atoms with Gasteiger partial charge < -0.3 is 14.0 Å². The van der Waals surface area contributed by atoms with Crippen molar-refractivity contribution in [2.24, 2.45) is 5.92 Å². The molecule has 1 amide bonds. The van der Waals surface area contributed by atoms with Crippen molar-refractivity contribution in [3.8, 4) is 5.75 Å². The maximum absolute atomic E-state index is 12.9. The highest BCUT2D eigenvalue weighted by molar-refractivity contribution is 5.78. The number of pyridine rings is 1. The van der Waals surface area contributed by atoms with Crippen molar-refractivity contribution in [2.75, 3.05) is 19.7 Å². The minimum atomic E-state index is 0.170.